The normalized spacial score (nSPS) is 11.2. The lowest BCUT2D eigenvalue weighted by Crippen LogP contribution is -2.14. The third-order valence-corrected chi connectivity index (χ3v) is 4.32. The zero-order valence-electron chi connectivity index (χ0n) is 15.3. The number of aromatic nitrogens is 3. The summed E-state index contributed by atoms with van der Waals surface area (Å²) in [6, 6.07) is 19.5. The molecule has 4 rings (SSSR count). The van der Waals surface area contributed by atoms with Gasteiger partial charge in [-0.25, -0.2) is 4.68 Å². The fraction of sp³-hybridized carbons (Fsp3) is 0.143. The van der Waals surface area contributed by atoms with Gasteiger partial charge >= 0.3 is 0 Å². The van der Waals surface area contributed by atoms with Crippen LogP contribution in [0.2, 0.25) is 0 Å². The predicted molar refractivity (Wildman–Crippen MR) is 107 cm³/mol. The molecule has 0 bridgehead atoms. The second-order valence-corrected chi connectivity index (χ2v) is 6.75. The lowest BCUT2D eigenvalue weighted by atomic mass is 10.2. The number of fused-ring (bicyclic) bond motifs is 1. The number of amides is 1. The second-order valence-electron chi connectivity index (χ2n) is 6.75. The highest BCUT2D eigenvalue weighted by Gasteiger charge is 2.10. The molecule has 6 heteroatoms. The maximum absolute atomic E-state index is 12.4. The molecule has 0 radical (unpaired) electrons. The highest BCUT2D eigenvalue weighted by molar-refractivity contribution is 6.03. The van der Waals surface area contributed by atoms with Gasteiger partial charge in [0.15, 0.2) is 0 Å². The minimum absolute atomic E-state index is 0.155. The number of nitrogens with one attached hydrogen (secondary N) is 2. The van der Waals surface area contributed by atoms with Crippen molar-refractivity contribution in [1.29, 1.82) is 0 Å². The molecule has 136 valence electrons. The van der Waals surface area contributed by atoms with Crippen molar-refractivity contribution in [2.45, 2.75) is 6.54 Å². The number of hydrogen-bond acceptors (Lipinski definition) is 3. The van der Waals surface area contributed by atoms with Crippen LogP contribution < -0.4 is 5.32 Å². The Morgan fingerprint density at radius 1 is 1.07 bits per heavy atom. The molecule has 0 saturated carbocycles. The molecule has 27 heavy (non-hydrogen) atoms. The molecule has 0 atom stereocenters. The Kier molecular flexibility index (Phi) is 4.48. The minimum atomic E-state index is -0.155. The van der Waals surface area contributed by atoms with Crippen LogP contribution in [0.25, 0.3) is 16.6 Å². The van der Waals surface area contributed by atoms with Crippen molar-refractivity contribution in [1.82, 2.24) is 19.7 Å². The smallest absolute Gasteiger partial charge is 0.272 e. The van der Waals surface area contributed by atoms with Crippen LogP contribution >= 0.6 is 0 Å². The van der Waals surface area contributed by atoms with Gasteiger partial charge in [-0.05, 0) is 56.6 Å². The monoisotopic (exact) mass is 359 g/mol. The highest BCUT2D eigenvalue weighted by Crippen LogP contribution is 2.20. The first-order chi connectivity index (χ1) is 13.1. The Balaban J connectivity index is 1.49. The number of aromatic amines is 1. The minimum Gasteiger partial charge on any atom is -0.353 e. The van der Waals surface area contributed by atoms with E-state index in [1.54, 1.807) is 6.07 Å². The molecular formula is C21H21N5O. The summed E-state index contributed by atoms with van der Waals surface area (Å²) in [7, 11) is 3.98. The summed E-state index contributed by atoms with van der Waals surface area (Å²) >= 11 is 0. The number of para-hydroxylation sites is 1. The lowest BCUT2D eigenvalue weighted by Gasteiger charge is -2.08. The number of rotatable bonds is 5. The quantitative estimate of drug-likeness (QED) is 0.571. The average Bonchev–Trinajstić information content (AvgIpc) is 3.29. The van der Waals surface area contributed by atoms with Crippen LogP contribution in [0.1, 0.15) is 16.2 Å². The Morgan fingerprint density at radius 3 is 2.63 bits per heavy atom. The average molecular weight is 359 g/mol. The van der Waals surface area contributed by atoms with Crippen LogP contribution in [0, 0.1) is 0 Å². The predicted octanol–water partition coefficient (Wildman–Crippen LogP) is 3.67. The first-order valence-corrected chi connectivity index (χ1v) is 8.77. The zero-order chi connectivity index (χ0) is 18.8. The van der Waals surface area contributed by atoms with Gasteiger partial charge in [0.05, 0.1) is 17.4 Å². The highest BCUT2D eigenvalue weighted by atomic mass is 16.1. The lowest BCUT2D eigenvalue weighted by molar-refractivity contribution is 0.102. The summed E-state index contributed by atoms with van der Waals surface area (Å²) in [4.78, 5) is 17.6. The van der Waals surface area contributed by atoms with Gasteiger partial charge in [0.25, 0.3) is 5.91 Å². The van der Waals surface area contributed by atoms with E-state index in [0.29, 0.717) is 5.69 Å². The van der Waals surface area contributed by atoms with E-state index in [2.05, 4.69) is 15.4 Å². The summed E-state index contributed by atoms with van der Waals surface area (Å²) < 4.78 is 1.89. The molecule has 4 aromatic rings. The van der Waals surface area contributed by atoms with Gasteiger partial charge in [0.2, 0.25) is 0 Å². The van der Waals surface area contributed by atoms with Crippen molar-refractivity contribution in [3.8, 4) is 5.69 Å². The zero-order valence-corrected chi connectivity index (χ0v) is 15.3. The molecule has 2 N–H and O–H groups in total. The first kappa shape index (κ1) is 17.1. The fourth-order valence-electron chi connectivity index (χ4n) is 3.07. The van der Waals surface area contributed by atoms with Gasteiger partial charge in [-0.2, -0.15) is 5.10 Å². The Hall–Kier alpha value is -3.38. The van der Waals surface area contributed by atoms with Crippen molar-refractivity contribution in [2.75, 3.05) is 19.4 Å². The van der Waals surface area contributed by atoms with Crippen LogP contribution in [0.4, 0.5) is 5.69 Å². The number of anilines is 1. The molecule has 0 aliphatic rings. The molecule has 0 aliphatic heterocycles. The van der Waals surface area contributed by atoms with Crippen LogP contribution in [-0.2, 0) is 6.54 Å². The van der Waals surface area contributed by atoms with Crippen LogP contribution in [0.5, 0.6) is 0 Å². The number of carbonyl (C=O) groups excluding carboxylic acids is 1. The van der Waals surface area contributed by atoms with Crippen molar-refractivity contribution in [3.05, 3.63) is 78.2 Å². The van der Waals surface area contributed by atoms with Gasteiger partial charge in [0.1, 0.15) is 5.69 Å². The van der Waals surface area contributed by atoms with Crippen LogP contribution in [0.3, 0.4) is 0 Å². The Morgan fingerprint density at radius 2 is 1.85 bits per heavy atom. The fourth-order valence-corrected chi connectivity index (χ4v) is 3.07. The SMILES string of the molecule is CN(C)Cc1ccc(C(=O)Nc2ccc(-n3ncc4ccccc43)cc2)[nH]1. The van der Waals surface area contributed by atoms with Gasteiger partial charge in [-0.15, -0.1) is 0 Å². The Bertz CT molecular complexity index is 1080. The topological polar surface area (TPSA) is 66.0 Å². The van der Waals surface area contributed by atoms with Gasteiger partial charge < -0.3 is 15.2 Å². The van der Waals surface area contributed by atoms with Gasteiger partial charge in [-0.3, -0.25) is 4.79 Å². The third-order valence-electron chi connectivity index (χ3n) is 4.32. The molecule has 2 aromatic heterocycles. The van der Waals surface area contributed by atoms with Crippen molar-refractivity contribution >= 4 is 22.5 Å². The number of H-pyrrole nitrogens is 1. The van der Waals surface area contributed by atoms with E-state index in [1.807, 2.05) is 84.5 Å². The van der Waals surface area contributed by atoms with E-state index in [1.165, 1.54) is 0 Å². The Labute approximate surface area is 157 Å². The van der Waals surface area contributed by atoms with E-state index in [9.17, 15) is 4.79 Å². The molecule has 0 fully saturated rings. The van der Waals surface area contributed by atoms with Crippen molar-refractivity contribution in [2.24, 2.45) is 0 Å². The van der Waals surface area contributed by atoms with Crippen molar-refractivity contribution in [3.63, 3.8) is 0 Å². The molecule has 0 spiro atoms. The molecule has 2 heterocycles. The summed E-state index contributed by atoms with van der Waals surface area (Å²) in [5, 5.41) is 8.46. The van der Waals surface area contributed by atoms with E-state index >= 15 is 0 Å². The summed E-state index contributed by atoms with van der Waals surface area (Å²) in [6.07, 6.45) is 1.85. The molecule has 1 amide bonds. The number of nitrogens with zero attached hydrogens (tertiary/aromatic N) is 3. The summed E-state index contributed by atoms with van der Waals surface area (Å²) in [6.45, 7) is 0.764. The summed E-state index contributed by atoms with van der Waals surface area (Å²) in [5.74, 6) is -0.155. The largest absolute Gasteiger partial charge is 0.353 e. The number of benzene rings is 2. The van der Waals surface area contributed by atoms with E-state index in [4.69, 9.17) is 0 Å². The summed E-state index contributed by atoms with van der Waals surface area (Å²) in [5.41, 5.74) is 4.29. The van der Waals surface area contributed by atoms with Crippen molar-refractivity contribution < 1.29 is 4.79 Å². The molecule has 2 aromatic carbocycles. The molecular weight excluding hydrogens is 338 g/mol. The maximum Gasteiger partial charge on any atom is 0.272 e. The van der Waals surface area contributed by atoms with E-state index in [-0.39, 0.29) is 5.91 Å². The van der Waals surface area contributed by atoms with Gasteiger partial charge in [0, 0.05) is 23.3 Å². The molecule has 0 unspecified atom stereocenters. The standard InChI is InChI=1S/C21H21N5O/c1-25(2)14-17-9-12-19(23-17)21(27)24-16-7-10-18(11-8-16)26-20-6-4-3-5-15(20)13-22-26/h3-13,23H,14H2,1-2H3,(H,24,27). The maximum atomic E-state index is 12.4. The van der Waals surface area contributed by atoms with Crippen LogP contribution in [0.15, 0.2) is 66.9 Å². The molecule has 0 aliphatic carbocycles. The third kappa shape index (κ3) is 3.61. The molecule has 0 saturated heterocycles. The second kappa shape index (κ2) is 7.09. The first-order valence-electron chi connectivity index (χ1n) is 8.77. The number of carbonyl (C=O) groups is 1. The van der Waals surface area contributed by atoms with Gasteiger partial charge in [-0.1, -0.05) is 18.2 Å². The number of hydrogen-bond donors (Lipinski definition) is 2. The van der Waals surface area contributed by atoms with E-state index < -0.39 is 0 Å². The van der Waals surface area contributed by atoms with Crippen LogP contribution in [-0.4, -0.2) is 39.7 Å². The van der Waals surface area contributed by atoms with E-state index in [0.717, 1.165) is 34.5 Å². The molecule has 6 nitrogen and oxygen atoms in total.